The fraction of sp³-hybridized carbons (Fsp3) is 0.304. The van der Waals surface area contributed by atoms with Crippen molar-refractivity contribution in [2.24, 2.45) is 0 Å². The lowest BCUT2D eigenvalue weighted by Crippen LogP contribution is -2.42. The zero-order chi connectivity index (χ0) is 20.9. The van der Waals surface area contributed by atoms with E-state index >= 15 is 0 Å². The minimum Gasteiger partial charge on any atom is -0.481 e. The van der Waals surface area contributed by atoms with E-state index in [2.05, 4.69) is 49.2 Å². The van der Waals surface area contributed by atoms with Gasteiger partial charge in [-0.25, -0.2) is 0 Å². The zero-order valence-corrected chi connectivity index (χ0v) is 18.5. The van der Waals surface area contributed by atoms with E-state index in [-0.39, 0.29) is 5.91 Å². The van der Waals surface area contributed by atoms with Crippen molar-refractivity contribution in [1.82, 2.24) is 15.1 Å². The third kappa shape index (κ3) is 4.84. The Kier molecular flexibility index (Phi) is 6.38. The van der Waals surface area contributed by atoms with Gasteiger partial charge in [-0.1, -0.05) is 46.3 Å². The topological polar surface area (TPSA) is 61.5 Å². The summed E-state index contributed by atoms with van der Waals surface area (Å²) in [7, 11) is 0. The maximum atomic E-state index is 12.9. The van der Waals surface area contributed by atoms with Crippen LogP contribution in [-0.2, 0) is 4.79 Å². The van der Waals surface area contributed by atoms with E-state index in [1.165, 1.54) is 0 Å². The Morgan fingerprint density at radius 2 is 1.83 bits per heavy atom. The summed E-state index contributed by atoms with van der Waals surface area (Å²) in [6.07, 6.45) is 0.387. The molecule has 1 atom stereocenters. The van der Waals surface area contributed by atoms with Gasteiger partial charge in [0, 0.05) is 36.7 Å². The summed E-state index contributed by atoms with van der Waals surface area (Å²) in [5.74, 6) is 1.65. The number of nitrogens with one attached hydrogen (secondary N) is 1. The van der Waals surface area contributed by atoms with Crippen LogP contribution in [0.25, 0.3) is 11.3 Å². The molecular weight excluding hydrogens is 444 g/mol. The largest absolute Gasteiger partial charge is 0.481 e. The molecule has 1 aromatic heterocycles. The van der Waals surface area contributed by atoms with Gasteiger partial charge in [-0.15, -0.1) is 0 Å². The molecule has 0 saturated carbocycles. The number of amides is 1. The first-order chi connectivity index (χ1) is 14.6. The first-order valence-electron chi connectivity index (χ1n) is 10.2. The molecule has 0 spiro atoms. The third-order valence-corrected chi connectivity index (χ3v) is 5.78. The van der Waals surface area contributed by atoms with Gasteiger partial charge in [0.05, 0.1) is 5.69 Å². The van der Waals surface area contributed by atoms with Crippen LogP contribution in [0.3, 0.4) is 0 Å². The molecule has 156 valence electrons. The molecule has 7 heteroatoms. The summed E-state index contributed by atoms with van der Waals surface area (Å²) < 4.78 is 6.87. The number of hydrogen-bond donors (Lipinski definition) is 1. The van der Waals surface area contributed by atoms with Crippen LogP contribution in [0.4, 0.5) is 5.82 Å². The summed E-state index contributed by atoms with van der Waals surface area (Å²) in [6, 6.07) is 19.7. The Balaban J connectivity index is 1.37. The summed E-state index contributed by atoms with van der Waals surface area (Å²) in [6.45, 7) is 4.80. The molecule has 2 aromatic carbocycles. The zero-order valence-electron chi connectivity index (χ0n) is 16.9. The quantitative estimate of drug-likeness (QED) is 0.604. The normalized spacial score (nSPS) is 15.5. The monoisotopic (exact) mass is 468 g/mol. The number of anilines is 1. The van der Waals surface area contributed by atoms with Crippen molar-refractivity contribution in [3.63, 3.8) is 0 Å². The lowest BCUT2D eigenvalue weighted by molar-refractivity contribution is -0.137. The van der Waals surface area contributed by atoms with Crippen molar-refractivity contribution >= 4 is 27.7 Å². The van der Waals surface area contributed by atoms with Crippen LogP contribution in [-0.4, -0.2) is 53.3 Å². The SMILES string of the molecule is C[C@@H](Oc1ccccc1)C(=O)N1CCCN(c2cc(-c3ccc(Br)cc3)[nH]n2)CC1. The van der Waals surface area contributed by atoms with E-state index in [0.717, 1.165) is 47.6 Å². The lowest BCUT2D eigenvalue weighted by atomic mass is 10.1. The number of nitrogens with zero attached hydrogens (tertiary/aromatic N) is 3. The molecular formula is C23H25BrN4O2. The lowest BCUT2D eigenvalue weighted by Gasteiger charge is -2.25. The summed E-state index contributed by atoms with van der Waals surface area (Å²) in [4.78, 5) is 17.0. The number of benzene rings is 2. The fourth-order valence-corrected chi connectivity index (χ4v) is 3.89. The van der Waals surface area contributed by atoms with Crippen molar-refractivity contribution < 1.29 is 9.53 Å². The molecule has 0 bridgehead atoms. The van der Waals surface area contributed by atoms with Crippen LogP contribution in [0.5, 0.6) is 5.75 Å². The number of hydrogen-bond acceptors (Lipinski definition) is 4. The Morgan fingerprint density at radius 3 is 2.60 bits per heavy atom. The van der Waals surface area contributed by atoms with Gasteiger partial charge in [-0.2, -0.15) is 5.10 Å². The average Bonchev–Trinajstić information content (AvgIpc) is 3.12. The molecule has 2 heterocycles. The van der Waals surface area contributed by atoms with Crippen LogP contribution in [0.2, 0.25) is 0 Å². The van der Waals surface area contributed by atoms with Crippen LogP contribution in [0.15, 0.2) is 65.1 Å². The van der Waals surface area contributed by atoms with E-state index in [1.807, 2.05) is 54.3 Å². The molecule has 1 aliphatic heterocycles. The molecule has 1 fully saturated rings. The van der Waals surface area contributed by atoms with Crippen LogP contribution >= 0.6 is 15.9 Å². The molecule has 3 aromatic rings. The smallest absolute Gasteiger partial charge is 0.263 e. The van der Waals surface area contributed by atoms with Gasteiger partial charge in [-0.05, 0) is 43.2 Å². The van der Waals surface area contributed by atoms with Gasteiger partial charge < -0.3 is 14.5 Å². The number of para-hydroxylation sites is 1. The highest BCUT2D eigenvalue weighted by atomic mass is 79.9. The number of rotatable bonds is 5. The second-order valence-corrected chi connectivity index (χ2v) is 8.30. The molecule has 6 nitrogen and oxygen atoms in total. The highest BCUT2D eigenvalue weighted by Gasteiger charge is 2.25. The van der Waals surface area contributed by atoms with Crippen molar-refractivity contribution in [1.29, 1.82) is 0 Å². The van der Waals surface area contributed by atoms with E-state index < -0.39 is 6.10 Å². The molecule has 0 aliphatic carbocycles. The number of aromatic amines is 1. The van der Waals surface area contributed by atoms with Gasteiger partial charge in [-0.3, -0.25) is 9.89 Å². The maximum Gasteiger partial charge on any atom is 0.263 e. The minimum atomic E-state index is -0.506. The first-order valence-corrected chi connectivity index (χ1v) is 11.0. The third-order valence-electron chi connectivity index (χ3n) is 5.25. The minimum absolute atomic E-state index is 0.0262. The summed E-state index contributed by atoms with van der Waals surface area (Å²) >= 11 is 3.46. The Labute approximate surface area is 185 Å². The highest BCUT2D eigenvalue weighted by Crippen LogP contribution is 2.24. The number of carbonyl (C=O) groups excluding carboxylic acids is 1. The van der Waals surface area contributed by atoms with E-state index in [9.17, 15) is 4.79 Å². The molecule has 1 N–H and O–H groups in total. The van der Waals surface area contributed by atoms with Gasteiger partial charge in [0.1, 0.15) is 5.75 Å². The molecule has 1 amide bonds. The Morgan fingerprint density at radius 1 is 1.07 bits per heavy atom. The van der Waals surface area contributed by atoms with Crippen LogP contribution < -0.4 is 9.64 Å². The molecule has 1 saturated heterocycles. The van der Waals surface area contributed by atoms with Crippen LogP contribution in [0.1, 0.15) is 13.3 Å². The maximum absolute atomic E-state index is 12.9. The van der Waals surface area contributed by atoms with E-state index in [4.69, 9.17) is 4.74 Å². The van der Waals surface area contributed by atoms with E-state index in [1.54, 1.807) is 0 Å². The highest BCUT2D eigenvalue weighted by molar-refractivity contribution is 9.10. The van der Waals surface area contributed by atoms with Crippen molar-refractivity contribution in [2.75, 3.05) is 31.1 Å². The number of aromatic nitrogens is 2. The van der Waals surface area contributed by atoms with Gasteiger partial charge in [0.15, 0.2) is 11.9 Å². The van der Waals surface area contributed by atoms with Gasteiger partial charge in [0.2, 0.25) is 0 Å². The van der Waals surface area contributed by atoms with Crippen molar-refractivity contribution in [3.05, 3.63) is 65.1 Å². The molecule has 1 aliphatic rings. The molecule has 30 heavy (non-hydrogen) atoms. The predicted octanol–water partition coefficient (Wildman–Crippen LogP) is 4.35. The number of ether oxygens (including phenoxy) is 1. The fourth-order valence-electron chi connectivity index (χ4n) is 3.63. The Bertz CT molecular complexity index is 974. The first kappa shape index (κ1) is 20.5. The summed E-state index contributed by atoms with van der Waals surface area (Å²) in [5, 5.41) is 7.63. The molecule has 0 unspecified atom stereocenters. The Hall–Kier alpha value is -2.80. The molecule has 4 rings (SSSR count). The average molecular weight is 469 g/mol. The van der Waals surface area contributed by atoms with Crippen molar-refractivity contribution in [3.8, 4) is 17.0 Å². The van der Waals surface area contributed by atoms with E-state index in [0.29, 0.717) is 12.3 Å². The number of halogens is 1. The molecule has 0 radical (unpaired) electrons. The van der Waals surface area contributed by atoms with Gasteiger partial charge >= 0.3 is 0 Å². The van der Waals surface area contributed by atoms with Crippen molar-refractivity contribution in [2.45, 2.75) is 19.4 Å². The van der Waals surface area contributed by atoms with Gasteiger partial charge in [0.25, 0.3) is 5.91 Å². The second-order valence-electron chi connectivity index (χ2n) is 7.39. The standard InChI is InChI=1S/C23H25BrN4O2/c1-17(30-20-6-3-2-4-7-20)23(29)28-13-5-12-27(14-15-28)22-16-21(25-26-22)18-8-10-19(24)11-9-18/h2-4,6-11,16-17H,5,12-15H2,1H3,(H,25,26)/t17-/m1/s1. The number of carbonyl (C=O) groups is 1. The number of H-pyrrole nitrogens is 1. The predicted molar refractivity (Wildman–Crippen MR) is 122 cm³/mol. The van der Waals surface area contributed by atoms with Crippen LogP contribution in [0, 0.1) is 0 Å². The second kappa shape index (κ2) is 9.34. The summed E-state index contributed by atoms with van der Waals surface area (Å²) in [5.41, 5.74) is 2.08.